The lowest BCUT2D eigenvalue weighted by Crippen LogP contribution is -2.27. The normalized spacial score (nSPS) is 39.4. The Morgan fingerprint density at radius 3 is 2.33 bits per heavy atom. The van der Waals surface area contributed by atoms with E-state index in [1.165, 1.54) is 12.8 Å². The maximum absolute atomic E-state index is 2.70. The van der Waals surface area contributed by atoms with Crippen LogP contribution in [0, 0.1) is 23.8 Å². The van der Waals surface area contributed by atoms with Crippen molar-refractivity contribution in [2.75, 3.05) is 0 Å². The molecule has 2 rings (SSSR count). The Morgan fingerprint density at radius 1 is 1.17 bits per heavy atom. The Bertz CT molecular complexity index is 200. The summed E-state index contributed by atoms with van der Waals surface area (Å²) in [5, 5.41) is 0. The molecule has 1 saturated carbocycles. The summed E-state index contributed by atoms with van der Waals surface area (Å²) in [4.78, 5) is 0. The molecule has 0 spiro atoms. The highest BCUT2D eigenvalue weighted by atomic mass is 28.3. The molecule has 1 heteroatoms. The molecule has 0 aliphatic heterocycles. The van der Waals surface area contributed by atoms with Crippen LogP contribution in [0.5, 0.6) is 0 Å². The van der Waals surface area contributed by atoms with Crippen LogP contribution in [0.1, 0.15) is 12.8 Å². The van der Waals surface area contributed by atoms with Gasteiger partial charge in [-0.25, -0.2) is 0 Å². The Hall–Kier alpha value is -0.0431. The number of fused-ring (bicyclic) bond motifs is 2. The van der Waals surface area contributed by atoms with Crippen molar-refractivity contribution in [2.45, 2.75) is 32.5 Å². The molecular weight excluding hydrogens is 160 g/mol. The maximum Gasteiger partial charge on any atom is 0.0476 e. The Labute approximate surface area is 77.1 Å². The topological polar surface area (TPSA) is 0 Å². The van der Waals surface area contributed by atoms with Crippen molar-refractivity contribution in [3.8, 4) is 0 Å². The fraction of sp³-hybridized carbons (Fsp3) is 0.727. The molecule has 12 heavy (non-hydrogen) atoms. The van der Waals surface area contributed by atoms with E-state index in [0.29, 0.717) is 0 Å². The van der Waals surface area contributed by atoms with Crippen molar-refractivity contribution in [2.24, 2.45) is 17.8 Å². The van der Waals surface area contributed by atoms with Crippen molar-refractivity contribution in [1.29, 1.82) is 0 Å². The molecule has 67 valence electrons. The number of rotatable bonds is 2. The monoisotopic (exact) mass is 179 g/mol. The van der Waals surface area contributed by atoms with E-state index in [4.69, 9.17) is 0 Å². The lowest BCUT2D eigenvalue weighted by Gasteiger charge is -2.25. The van der Waals surface area contributed by atoms with Crippen LogP contribution in [-0.4, -0.2) is 8.07 Å². The molecule has 0 amide bonds. The first-order chi connectivity index (χ1) is 5.54. The number of allylic oxidation sites excluding steroid dienone is 2. The molecule has 3 unspecified atom stereocenters. The van der Waals surface area contributed by atoms with Crippen LogP contribution >= 0.6 is 0 Å². The molecule has 1 radical (unpaired) electrons. The average molecular weight is 179 g/mol. The van der Waals surface area contributed by atoms with Gasteiger partial charge in [0.1, 0.15) is 0 Å². The Kier molecular flexibility index (Phi) is 1.94. The van der Waals surface area contributed by atoms with Crippen LogP contribution in [0.25, 0.3) is 0 Å². The van der Waals surface area contributed by atoms with Gasteiger partial charge in [0.15, 0.2) is 0 Å². The fourth-order valence-electron chi connectivity index (χ4n) is 2.66. The first-order valence-corrected chi connectivity index (χ1v) is 8.67. The second-order valence-electron chi connectivity index (χ2n) is 5.48. The molecule has 0 nitrogen and oxygen atoms in total. The summed E-state index contributed by atoms with van der Waals surface area (Å²) in [5.74, 6) is 2.79. The van der Waals surface area contributed by atoms with Gasteiger partial charge in [-0.3, -0.25) is 0 Å². The zero-order valence-electron chi connectivity index (χ0n) is 8.38. The van der Waals surface area contributed by atoms with Gasteiger partial charge in [-0.05, 0) is 36.6 Å². The van der Waals surface area contributed by atoms with Crippen molar-refractivity contribution in [3.63, 3.8) is 0 Å². The predicted molar refractivity (Wildman–Crippen MR) is 56.5 cm³/mol. The molecule has 1 fully saturated rings. The summed E-state index contributed by atoms with van der Waals surface area (Å²) in [6, 6.07) is 2.70. The van der Waals surface area contributed by atoms with Crippen LogP contribution in [-0.2, 0) is 0 Å². The second-order valence-corrected chi connectivity index (χ2v) is 10.5. The highest BCUT2D eigenvalue weighted by molar-refractivity contribution is 6.79. The summed E-state index contributed by atoms with van der Waals surface area (Å²) in [7, 11) is -0.919. The molecule has 2 aliphatic rings. The smallest absolute Gasteiger partial charge is 0.0476 e. The summed E-state index contributed by atoms with van der Waals surface area (Å²) < 4.78 is 0. The van der Waals surface area contributed by atoms with Crippen molar-refractivity contribution < 1.29 is 0 Å². The minimum Gasteiger partial charge on any atom is -0.0851 e. The van der Waals surface area contributed by atoms with E-state index in [-0.39, 0.29) is 0 Å². The Balaban J connectivity index is 1.96. The predicted octanol–water partition coefficient (Wildman–Crippen LogP) is 3.28. The second kappa shape index (κ2) is 2.73. The van der Waals surface area contributed by atoms with Crippen LogP contribution < -0.4 is 0 Å². The largest absolute Gasteiger partial charge is 0.0851 e. The van der Waals surface area contributed by atoms with Crippen LogP contribution in [0.4, 0.5) is 0 Å². The number of hydrogen-bond acceptors (Lipinski definition) is 0. The van der Waals surface area contributed by atoms with E-state index in [1.807, 2.05) is 0 Å². The zero-order chi connectivity index (χ0) is 8.77. The van der Waals surface area contributed by atoms with Gasteiger partial charge in [0, 0.05) is 8.07 Å². The quantitative estimate of drug-likeness (QED) is 0.451. The molecule has 3 atom stereocenters. The molecule has 2 aliphatic carbocycles. The van der Waals surface area contributed by atoms with Gasteiger partial charge >= 0.3 is 0 Å². The molecule has 2 bridgehead atoms. The summed E-state index contributed by atoms with van der Waals surface area (Å²) in [6.07, 6.45) is 7.78. The maximum atomic E-state index is 2.70. The van der Waals surface area contributed by atoms with E-state index < -0.39 is 8.07 Å². The molecule has 0 aromatic carbocycles. The fourth-order valence-corrected chi connectivity index (χ4v) is 4.32. The first kappa shape index (κ1) is 8.55. The first-order valence-electron chi connectivity index (χ1n) is 5.09. The summed E-state index contributed by atoms with van der Waals surface area (Å²) in [5.41, 5.74) is 0. The molecule has 0 N–H and O–H groups in total. The van der Waals surface area contributed by atoms with Crippen molar-refractivity contribution in [1.82, 2.24) is 0 Å². The van der Waals surface area contributed by atoms with Gasteiger partial charge in [-0.15, -0.1) is 0 Å². The van der Waals surface area contributed by atoms with E-state index in [1.54, 1.807) is 0 Å². The third-order valence-electron chi connectivity index (χ3n) is 3.04. The van der Waals surface area contributed by atoms with Crippen LogP contribution in [0.2, 0.25) is 19.6 Å². The van der Waals surface area contributed by atoms with E-state index in [0.717, 1.165) is 17.8 Å². The minimum atomic E-state index is -0.919. The Morgan fingerprint density at radius 2 is 1.92 bits per heavy atom. The SMILES string of the molecule is C[Si](C)(C)[CH]C1CC2C=CC1C2. The third kappa shape index (κ3) is 1.66. The van der Waals surface area contributed by atoms with Crippen molar-refractivity contribution >= 4 is 8.07 Å². The van der Waals surface area contributed by atoms with Gasteiger partial charge in [-0.1, -0.05) is 31.8 Å². The van der Waals surface area contributed by atoms with Gasteiger partial charge < -0.3 is 0 Å². The lowest BCUT2D eigenvalue weighted by atomic mass is 9.96. The lowest BCUT2D eigenvalue weighted by molar-refractivity contribution is 0.531. The average Bonchev–Trinajstić information content (AvgIpc) is 2.42. The highest BCUT2D eigenvalue weighted by Crippen LogP contribution is 2.45. The van der Waals surface area contributed by atoms with Gasteiger partial charge in [-0.2, -0.15) is 0 Å². The molecular formula is C11H19Si. The third-order valence-corrected chi connectivity index (χ3v) is 4.47. The van der Waals surface area contributed by atoms with Crippen LogP contribution in [0.15, 0.2) is 12.2 Å². The van der Waals surface area contributed by atoms with E-state index >= 15 is 0 Å². The van der Waals surface area contributed by atoms with E-state index in [2.05, 4.69) is 37.8 Å². The number of hydrogen-bond donors (Lipinski definition) is 0. The molecule has 0 heterocycles. The van der Waals surface area contributed by atoms with Gasteiger partial charge in [0.05, 0.1) is 0 Å². The standard InChI is InChI=1S/C11H19Si/c1-12(2,3)8-11-7-9-4-5-10(11)6-9/h4-5,8-11H,6-7H2,1-3H3. The zero-order valence-corrected chi connectivity index (χ0v) is 9.38. The van der Waals surface area contributed by atoms with Gasteiger partial charge in [0.2, 0.25) is 0 Å². The van der Waals surface area contributed by atoms with E-state index in [9.17, 15) is 0 Å². The highest BCUT2D eigenvalue weighted by Gasteiger charge is 2.37. The van der Waals surface area contributed by atoms with Crippen molar-refractivity contribution in [3.05, 3.63) is 18.2 Å². The van der Waals surface area contributed by atoms with Crippen LogP contribution in [0.3, 0.4) is 0 Å². The molecule has 0 saturated heterocycles. The summed E-state index contributed by atoms with van der Waals surface area (Å²) >= 11 is 0. The minimum absolute atomic E-state index is 0.918. The molecule has 0 aromatic heterocycles. The summed E-state index contributed by atoms with van der Waals surface area (Å²) in [6.45, 7) is 7.34. The van der Waals surface area contributed by atoms with Gasteiger partial charge in [0.25, 0.3) is 0 Å². The molecule has 0 aromatic rings.